The predicted octanol–water partition coefficient (Wildman–Crippen LogP) is 4.00. The summed E-state index contributed by atoms with van der Waals surface area (Å²) in [7, 11) is 0. The van der Waals surface area contributed by atoms with Crippen LogP contribution in [0.2, 0.25) is 5.02 Å². The Morgan fingerprint density at radius 2 is 2.05 bits per heavy atom. The SMILES string of the molecule is Cc1ccc(F)cc1COc1cc(Cl)ccc1C(N)=S. The zero-order chi connectivity index (χ0) is 14.7. The summed E-state index contributed by atoms with van der Waals surface area (Å²) in [4.78, 5) is 0.229. The Labute approximate surface area is 127 Å². The van der Waals surface area contributed by atoms with Crippen molar-refractivity contribution in [3.05, 3.63) is 63.9 Å². The number of nitrogens with two attached hydrogens (primary N) is 1. The Hall–Kier alpha value is -1.65. The Morgan fingerprint density at radius 3 is 2.75 bits per heavy atom. The number of benzene rings is 2. The van der Waals surface area contributed by atoms with Gasteiger partial charge in [0, 0.05) is 5.02 Å². The summed E-state index contributed by atoms with van der Waals surface area (Å²) in [6.45, 7) is 2.12. The molecule has 0 fully saturated rings. The topological polar surface area (TPSA) is 35.2 Å². The van der Waals surface area contributed by atoms with Crippen molar-refractivity contribution in [1.29, 1.82) is 0 Å². The lowest BCUT2D eigenvalue weighted by atomic mass is 10.1. The standard InChI is InChI=1S/C15H13ClFNOS/c1-9-2-4-12(17)6-10(9)8-19-14-7-11(16)3-5-13(14)15(18)20/h2-7H,8H2,1H3,(H2,18,20). The van der Waals surface area contributed by atoms with Gasteiger partial charge in [-0.2, -0.15) is 0 Å². The molecule has 2 nitrogen and oxygen atoms in total. The molecule has 2 aromatic carbocycles. The van der Waals surface area contributed by atoms with Crippen molar-refractivity contribution < 1.29 is 9.13 Å². The predicted molar refractivity (Wildman–Crippen MR) is 82.8 cm³/mol. The number of hydrogen-bond acceptors (Lipinski definition) is 2. The summed E-state index contributed by atoms with van der Waals surface area (Å²) in [5.74, 6) is 0.198. The van der Waals surface area contributed by atoms with E-state index in [2.05, 4.69) is 0 Å². The molecule has 0 bridgehead atoms. The van der Waals surface area contributed by atoms with Gasteiger partial charge in [0.2, 0.25) is 0 Å². The van der Waals surface area contributed by atoms with Crippen LogP contribution in [0.25, 0.3) is 0 Å². The van der Waals surface area contributed by atoms with Crippen LogP contribution in [0.1, 0.15) is 16.7 Å². The van der Waals surface area contributed by atoms with E-state index in [1.165, 1.54) is 12.1 Å². The van der Waals surface area contributed by atoms with E-state index in [-0.39, 0.29) is 17.4 Å². The Bertz CT molecular complexity index is 660. The molecule has 0 saturated carbocycles. The maximum absolute atomic E-state index is 13.2. The number of aryl methyl sites for hydroxylation is 1. The highest BCUT2D eigenvalue weighted by Crippen LogP contribution is 2.25. The minimum atomic E-state index is -0.296. The van der Waals surface area contributed by atoms with Crippen LogP contribution in [0.3, 0.4) is 0 Å². The van der Waals surface area contributed by atoms with Gasteiger partial charge in [0.25, 0.3) is 0 Å². The van der Waals surface area contributed by atoms with Gasteiger partial charge in [-0.3, -0.25) is 0 Å². The van der Waals surface area contributed by atoms with Gasteiger partial charge < -0.3 is 10.5 Å². The van der Waals surface area contributed by atoms with Crippen LogP contribution in [0.15, 0.2) is 36.4 Å². The molecule has 0 unspecified atom stereocenters. The van der Waals surface area contributed by atoms with Crippen LogP contribution in [0.4, 0.5) is 4.39 Å². The van der Waals surface area contributed by atoms with E-state index in [9.17, 15) is 4.39 Å². The maximum atomic E-state index is 13.2. The van der Waals surface area contributed by atoms with Crippen molar-refractivity contribution in [1.82, 2.24) is 0 Å². The van der Waals surface area contributed by atoms with Crippen LogP contribution in [0.5, 0.6) is 5.75 Å². The van der Waals surface area contributed by atoms with Crippen molar-refractivity contribution in [2.45, 2.75) is 13.5 Å². The fourth-order valence-corrected chi connectivity index (χ4v) is 2.10. The van der Waals surface area contributed by atoms with Crippen LogP contribution in [0, 0.1) is 12.7 Å². The number of rotatable bonds is 4. The molecular formula is C15H13ClFNOS. The highest BCUT2D eigenvalue weighted by molar-refractivity contribution is 7.80. The molecule has 0 spiro atoms. The highest BCUT2D eigenvalue weighted by atomic mass is 35.5. The molecule has 0 aromatic heterocycles. The van der Waals surface area contributed by atoms with Gasteiger partial charge in [0.1, 0.15) is 23.2 Å². The van der Waals surface area contributed by atoms with E-state index in [4.69, 9.17) is 34.3 Å². The van der Waals surface area contributed by atoms with Gasteiger partial charge in [0.05, 0.1) is 5.56 Å². The number of hydrogen-bond donors (Lipinski definition) is 1. The van der Waals surface area contributed by atoms with Crippen molar-refractivity contribution in [3.63, 3.8) is 0 Å². The summed E-state index contributed by atoms with van der Waals surface area (Å²) < 4.78 is 18.9. The minimum absolute atomic E-state index is 0.222. The van der Waals surface area contributed by atoms with E-state index in [1.807, 2.05) is 6.92 Å². The van der Waals surface area contributed by atoms with Gasteiger partial charge in [-0.15, -0.1) is 0 Å². The second kappa shape index (κ2) is 6.20. The first-order valence-corrected chi connectivity index (χ1v) is 6.73. The van der Waals surface area contributed by atoms with E-state index >= 15 is 0 Å². The fourth-order valence-electron chi connectivity index (χ4n) is 1.77. The van der Waals surface area contributed by atoms with Crippen LogP contribution >= 0.6 is 23.8 Å². The molecule has 2 rings (SSSR count). The summed E-state index contributed by atoms with van der Waals surface area (Å²) in [6.07, 6.45) is 0. The molecule has 0 aliphatic carbocycles. The van der Waals surface area contributed by atoms with E-state index in [0.717, 1.165) is 11.1 Å². The molecule has 0 atom stereocenters. The zero-order valence-corrected chi connectivity index (χ0v) is 12.4. The van der Waals surface area contributed by atoms with E-state index in [0.29, 0.717) is 16.3 Å². The van der Waals surface area contributed by atoms with Crippen LogP contribution < -0.4 is 10.5 Å². The Balaban J connectivity index is 2.24. The first kappa shape index (κ1) is 14.8. The number of halogens is 2. The third kappa shape index (κ3) is 3.46. The molecule has 0 heterocycles. The second-order valence-corrected chi connectivity index (χ2v) is 5.24. The first-order valence-electron chi connectivity index (χ1n) is 5.94. The molecule has 0 aliphatic heterocycles. The third-order valence-corrected chi connectivity index (χ3v) is 3.36. The molecule has 20 heavy (non-hydrogen) atoms. The lowest BCUT2D eigenvalue weighted by molar-refractivity contribution is 0.304. The van der Waals surface area contributed by atoms with Gasteiger partial charge >= 0.3 is 0 Å². The summed E-state index contributed by atoms with van der Waals surface area (Å²) in [5, 5.41) is 0.524. The summed E-state index contributed by atoms with van der Waals surface area (Å²) >= 11 is 10.9. The molecule has 104 valence electrons. The van der Waals surface area contributed by atoms with Crippen molar-refractivity contribution in [2.24, 2.45) is 5.73 Å². The lowest BCUT2D eigenvalue weighted by Gasteiger charge is -2.12. The largest absolute Gasteiger partial charge is 0.488 e. The molecule has 2 N–H and O–H groups in total. The van der Waals surface area contributed by atoms with E-state index < -0.39 is 0 Å². The maximum Gasteiger partial charge on any atom is 0.131 e. The summed E-state index contributed by atoms with van der Waals surface area (Å²) in [6, 6.07) is 9.61. The molecule has 0 aliphatic rings. The molecule has 0 radical (unpaired) electrons. The smallest absolute Gasteiger partial charge is 0.131 e. The van der Waals surface area contributed by atoms with E-state index in [1.54, 1.807) is 24.3 Å². The zero-order valence-electron chi connectivity index (χ0n) is 10.8. The third-order valence-electron chi connectivity index (χ3n) is 2.90. The van der Waals surface area contributed by atoms with Gasteiger partial charge in [-0.05, 0) is 48.4 Å². The quantitative estimate of drug-likeness (QED) is 0.867. The fraction of sp³-hybridized carbons (Fsp3) is 0.133. The average Bonchev–Trinajstić information content (AvgIpc) is 2.39. The van der Waals surface area contributed by atoms with Crippen LogP contribution in [-0.4, -0.2) is 4.99 Å². The van der Waals surface area contributed by atoms with Gasteiger partial charge in [-0.1, -0.05) is 29.9 Å². The molecule has 2 aromatic rings. The minimum Gasteiger partial charge on any atom is -0.488 e. The normalized spacial score (nSPS) is 10.3. The molecule has 0 saturated heterocycles. The van der Waals surface area contributed by atoms with Crippen LogP contribution in [-0.2, 0) is 6.61 Å². The number of ether oxygens (including phenoxy) is 1. The molecule has 0 amide bonds. The van der Waals surface area contributed by atoms with Crippen molar-refractivity contribution in [3.8, 4) is 5.75 Å². The second-order valence-electron chi connectivity index (χ2n) is 4.36. The molecular weight excluding hydrogens is 297 g/mol. The number of thiocarbonyl (C=S) groups is 1. The highest BCUT2D eigenvalue weighted by Gasteiger charge is 2.09. The average molecular weight is 310 g/mol. The Kier molecular flexibility index (Phi) is 4.57. The van der Waals surface area contributed by atoms with Gasteiger partial charge in [-0.25, -0.2) is 4.39 Å². The monoisotopic (exact) mass is 309 g/mol. The van der Waals surface area contributed by atoms with Gasteiger partial charge in [0.15, 0.2) is 0 Å². The lowest BCUT2D eigenvalue weighted by Crippen LogP contribution is -2.12. The Morgan fingerprint density at radius 1 is 1.30 bits per heavy atom. The molecule has 5 heteroatoms. The first-order chi connectivity index (χ1) is 9.47. The summed E-state index contributed by atoms with van der Waals surface area (Å²) in [5.41, 5.74) is 7.96. The van der Waals surface area contributed by atoms with Crippen molar-refractivity contribution in [2.75, 3.05) is 0 Å². The van der Waals surface area contributed by atoms with Crippen molar-refractivity contribution >= 4 is 28.8 Å².